The Bertz CT molecular complexity index is 537. The van der Waals surface area contributed by atoms with Gasteiger partial charge in [0.25, 0.3) is 0 Å². The van der Waals surface area contributed by atoms with E-state index in [1.807, 2.05) is 30.9 Å². The molecule has 1 unspecified atom stereocenters. The van der Waals surface area contributed by atoms with Crippen LogP contribution < -0.4 is 0 Å². The van der Waals surface area contributed by atoms with Crippen molar-refractivity contribution in [2.45, 2.75) is 63.4 Å². The van der Waals surface area contributed by atoms with Gasteiger partial charge >= 0.3 is 5.97 Å². The molecule has 22 heavy (non-hydrogen) atoms. The summed E-state index contributed by atoms with van der Waals surface area (Å²) in [5.74, 6) is -1.08. The predicted octanol–water partition coefficient (Wildman–Crippen LogP) is 1.66. The number of amides is 1. The first-order valence-electron chi connectivity index (χ1n) is 8.40. The maximum atomic E-state index is 13.0. The third-order valence-electron chi connectivity index (χ3n) is 5.52. The van der Waals surface area contributed by atoms with Crippen molar-refractivity contribution in [3.63, 3.8) is 0 Å². The first-order valence-corrected chi connectivity index (χ1v) is 8.40. The molecule has 1 amide bonds. The van der Waals surface area contributed by atoms with E-state index in [1.54, 1.807) is 0 Å². The standard InChI is InChI=1S/C17H23NO4/c1-10(2)21-16(20)13-12-7-8-17(22-12)9-18(15(19)14(13)17)11-5-3-4-6-11/h7-8,10-14H,3-6,9H2,1-2H3/t12-,13?,14+,17-/m1/s1. The lowest BCUT2D eigenvalue weighted by atomic mass is 9.77. The lowest BCUT2D eigenvalue weighted by Crippen LogP contribution is -2.41. The Morgan fingerprint density at radius 2 is 2.14 bits per heavy atom. The van der Waals surface area contributed by atoms with E-state index in [-0.39, 0.29) is 24.1 Å². The molecule has 4 aliphatic rings. The average molecular weight is 305 g/mol. The fraction of sp³-hybridized carbons (Fsp3) is 0.765. The van der Waals surface area contributed by atoms with Gasteiger partial charge in [-0.1, -0.05) is 25.0 Å². The van der Waals surface area contributed by atoms with Crippen LogP contribution in [-0.4, -0.2) is 47.2 Å². The molecule has 2 bridgehead atoms. The summed E-state index contributed by atoms with van der Waals surface area (Å²) in [5, 5.41) is 0. The topological polar surface area (TPSA) is 55.8 Å². The molecule has 1 spiro atoms. The van der Waals surface area contributed by atoms with Crippen LogP contribution in [0.4, 0.5) is 0 Å². The Hall–Kier alpha value is -1.36. The van der Waals surface area contributed by atoms with Crippen LogP contribution in [0.25, 0.3) is 0 Å². The number of nitrogens with zero attached hydrogens (tertiary/aromatic N) is 1. The summed E-state index contributed by atoms with van der Waals surface area (Å²) in [6.45, 7) is 4.26. The molecule has 3 aliphatic heterocycles. The third-order valence-corrected chi connectivity index (χ3v) is 5.52. The fourth-order valence-electron chi connectivity index (χ4n) is 4.63. The fourth-order valence-corrected chi connectivity index (χ4v) is 4.63. The molecule has 0 radical (unpaired) electrons. The Balaban J connectivity index is 1.61. The number of esters is 1. The van der Waals surface area contributed by atoms with Crippen molar-refractivity contribution in [3.05, 3.63) is 12.2 Å². The molecule has 5 heteroatoms. The highest BCUT2D eigenvalue weighted by atomic mass is 16.6. The van der Waals surface area contributed by atoms with Gasteiger partial charge in [0.05, 0.1) is 24.7 Å². The molecule has 0 aromatic rings. The van der Waals surface area contributed by atoms with E-state index in [0.717, 1.165) is 12.8 Å². The number of hydrogen-bond acceptors (Lipinski definition) is 4. The largest absolute Gasteiger partial charge is 0.463 e. The number of ether oxygens (including phenoxy) is 2. The minimum Gasteiger partial charge on any atom is -0.463 e. The van der Waals surface area contributed by atoms with E-state index >= 15 is 0 Å². The SMILES string of the molecule is CC(C)OC(=O)C1[C@H]2C(=O)N(C3CCCC3)C[C@]23C=C[C@H]1O3. The number of hydrogen-bond donors (Lipinski definition) is 0. The molecule has 1 aliphatic carbocycles. The molecular weight excluding hydrogens is 282 g/mol. The zero-order valence-corrected chi connectivity index (χ0v) is 13.2. The number of likely N-dealkylation sites (tertiary alicyclic amines) is 1. The Morgan fingerprint density at radius 3 is 2.82 bits per heavy atom. The van der Waals surface area contributed by atoms with Gasteiger partial charge in [-0.15, -0.1) is 0 Å². The monoisotopic (exact) mass is 305 g/mol. The normalized spacial score (nSPS) is 40.0. The van der Waals surface area contributed by atoms with E-state index in [2.05, 4.69) is 0 Å². The van der Waals surface area contributed by atoms with E-state index in [4.69, 9.17) is 9.47 Å². The minimum atomic E-state index is -0.592. The molecule has 3 heterocycles. The average Bonchev–Trinajstić information content (AvgIpc) is 3.18. The van der Waals surface area contributed by atoms with Crippen molar-refractivity contribution in [1.29, 1.82) is 0 Å². The first kappa shape index (κ1) is 14.2. The first-order chi connectivity index (χ1) is 10.5. The number of rotatable bonds is 3. The summed E-state index contributed by atoms with van der Waals surface area (Å²) in [6, 6.07) is 0.324. The highest BCUT2D eigenvalue weighted by Gasteiger charge is 2.68. The third kappa shape index (κ3) is 1.87. The molecule has 3 fully saturated rings. The maximum absolute atomic E-state index is 13.0. The smallest absolute Gasteiger partial charge is 0.313 e. The zero-order valence-electron chi connectivity index (χ0n) is 13.2. The van der Waals surface area contributed by atoms with Crippen molar-refractivity contribution in [1.82, 2.24) is 4.90 Å². The van der Waals surface area contributed by atoms with Gasteiger partial charge in [0.15, 0.2) is 0 Å². The quantitative estimate of drug-likeness (QED) is 0.588. The van der Waals surface area contributed by atoms with Gasteiger partial charge in [-0.25, -0.2) is 0 Å². The van der Waals surface area contributed by atoms with Gasteiger partial charge < -0.3 is 14.4 Å². The molecule has 2 saturated heterocycles. The second kappa shape index (κ2) is 4.82. The van der Waals surface area contributed by atoms with Crippen molar-refractivity contribution >= 4 is 11.9 Å². The predicted molar refractivity (Wildman–Crippen MR) is 78.9 cm³/mol. The van der Waals surface area contributed by atoms with Crippen LogP contribution in [0.1, 0.15) is 39.5 Å². The molecule has 0 N–H and O–H groups in total. The summed E-state index contributed by atoms with van der Waals surface area (Å²) in [5.41, 5.74) is -0.592. The number of carbonyl (C=O) groups is 2. The van der Waals surface area contributed by atoms with Gasteiger partial charge in [-0.3, -0.25) is 9.59 Å². The number of fused-ring (bicyclic) bond motifs is 1. The summed E-state index contributed by atoms with van der Waals surface area (Å²) < 4.78 is 11.5. The van der Waals surface area contributed by atoms with E-state index in [0.29, 0.717) is 12.6 Å². The Labute approximate surface area is 130 Å². The summed E-state index contributed by atoms with van der Waals surface area (Å²) in [6.07, 6.45) is 7.99. The molecular formula is C17H23NO4. The van der Waals surface area contributed by atoms with Gasteiger partial charge in [-0.05, 0) is 26.7 Å². The van der Waals surface area contributed by atoms with E-state index in [1.165, 1.54) is 12.8 Å². The van der Waals surface area contributed by atoms with Crippen LogP contribution in [0.2, 0.25) is 0 Å². The van der Waals surface area contributed by atoms with Gasteiger partial charge in [0, 0.05) is 6.04 Å². The van der Waals surface area contributed by atoms with Crippen LogP contribution in [0.3, 0.4) is 0 Å². The lowest BCUT2D eigenvalue weighted by Gasteiger charge is -2.27. The highest BCUT2D eigenvalue weighted by molar-refractivity contribution is 5.91. The van der Waals surface area contributed by atoms with Crippen molar-refractivity contribution in [2.24, 2.45) is 11.8 Å². The Kier molecular flexibility index (Phi) is 3.12. The van der Waals surface area contributed by atoms with Crippen molar-refractivity contribution < 1.29 is 19.1 Å². The van der Waals surface area contributed by atoms with Crippen LogP contribution >= 0.6 is 0 Å². The second-order valence-corrected chi connectivity index (χ2v) is 7.29. The maximum Gasteiger partial charge on any atom is 0.313 e. The van der Waals surface area contributed by atoms with E-state index in [9.17, 15) is 9.59 Å². The molecule has 4 atom stereocenters. The van der Waals surface area contributed by atoms with Crippen molar-refractivity contribution in [3.8, 4) is 0 Å². The van der Waals surface area contributed by atoms with Crippen molar-refractivity contribution in [2.75, 3.05) is 6.54 Å². The zero-order chi connectivity index (χ0) is 15.5. The van der Waals surface area contributed by atoms with E-state index < -0.39 is 17.4 Å². The molecule has 5 nitrogen and oxygen atoms in total. The number of carbonyl (C=O) groups excluding carboxylic acids is 2. The van der Waals surface area contributed by atoms with Gasteiger partial charge in [0.2, 0.25) is 5.91 Å². The Morgan fingerprint density at radius 1 is 1.41 bits per heavy atom. The van der Waals surface area contributed by atoms with Crippen LogP contribution in [0.15, 0.2) is 12.2 Å². The van der Waals surface area contributed by atoms with Crippen LogP contribution in [0.5, 0.6) is 0 Å². The molecule has 120 valence electrons. The molecule has 0 aromatic carbocycles. The minimum absolute atomic E-state index is 0.0875. The van der Waals surface area contributed by atoms with Gasteiger partial charge in [0.1, 0.15) is 11.5 Å². The van der Waals surface area contributed by atoms with Gasteiger partial charge in [-0.2, -0.15) is 0 Å². The lowest BCUT2D eigenvalue weighted by molar-refractivity contribution is -0.157. The van der Waals surface area contributed by atoms with Crippen LogP contribution in [-0.2, 0) is 19.1 Å². The molecule has 0 aromatic heterocycles. The summed E-state index contributed by atoms with van der Waals surface area (Å²) in [4.78, 5) is 27.4. The molecule has 4 rings (SSSR count). The molecule has 1 saturated carbocycles. The van der Waals surface area contributed by atoms with Crippen LogP contribution in [0, 0.1) is 11.8 Å². The summed E-state index contributed by atoms with van der Waals surface area (Å²) in [7, 11) is 0. The summed E-state index contributed by atoms with van der Waals surface area (Å²) >= 11 is 0. The highest BCUT2D eigenvalue weighted by Crippen LogP contribution is 2.53. The second-order valence-electron chi connectivity index (χ2n) is 7.29.